The van der Waals surface area contributed by atoms with Gasteiger partial charge in [0, 0.05) is 5.54 Å². The maximum absolute atomic E-state index is 12.0. The fourth-order valence-electron chi connectivity index (χ4n) is 2.11. The molecule has 0 radical (unpaired) electrons. The summed E-state index contributed by atoms with van der Waals surface area (Å²) in [6.07, 6.45) is 0.601. The molecule has 0 saturated heterocycles. The number of nitrogens with one attached hydrogen (secondary N) is 1. The Hall–Kier alpha value is -0.260. The summed E-state index contributed by atoms with van der Waals surface area (Å²) in [6.45, 7) is -0.478. The van der Waals surface area contributed by atoms with E-state index < -0.39 is 13.0 Å². The highest BCUT2D eigenvalue weighted by atomic mass is 19.3. The molecule has 0 bridgehead atoms. The molecule has 90 valence electrons. The fourth-order valence-corrected chi connectivity index (χ4v) is 2.11. The number of aliphatic hydroxyl groups excluding tert-OH is 1. The number of hydrogen-bond acceptors (Lipinski definition) is 3. The van der Waals surface area contributed by atoms with Crippen molar-refractivity contribution < 1.29 is 18.6 Å². The summed E-state index contributed by atoms with van der Waals surface area (Å²) in [5.74, 6) is 0. The zero-order valence-corrected chi connectivity index (χ0v) is 9.01. The van der Waals surface area contributed by atoms with Gasteiger partial charge in [-0.3, -0.25) is 0 Å². The summed E-state index contributed by atoms with van der Waals surface area (Å²) in [5.41, 5.74) is -0.342. The topological polar surface area (TPSA) is 41.5 Å². The van der Waals surface area contributed by atoms with Crippen molar-refractivity contribution in [2.75, 3.05) is 20.3 Å². The van der Waals surface area contributed by atoms with Crippen LogP contribution in [0.15, 0.2) is 0 Å². The van der Waals surface area contributed by atoms with Crippen LogP contribution in [0.1, 0.15) is 25.7 Å². The Morgan fingerprint density at radius 3 is 2.87 bits per heavy atom. The second-order valence-corrected chi connectivity index (χ2v) is 4.13. The van der Waals surface area contributed by atoms with E-state index in [9.17, 15) is 13.9 Å². The third-order valence-electron chi connectivity index (χ3n) is 3.09. The monoisotopic (exact) mass is 223 g/mol. The van der Waals surface area contributed by atoms with E-state index in [1.165, 1.54) is 0 Å². The summed E-state index contributed by atoms with van der Waals surface area (Å²) in [5, 5.41) is 12.3. The van der Waals surface area contributed by atoms with Crippen LogP contribution < -0.4 is 5.32 Å². The van der Waals surface area contributed by atoms with Crippen LogP contribution in [0.5, 0.6) is 0 Å². The van der Waals surface area contributed by atoms with E-state index in [1.807, 2.05) is 0 Å². The van der Waals surface area contributed by atoms with Crippen molar-refractivity contribution in [3.8, 4) is 0 Å². The predicted octanol–water partition coefficient (Wildman–Crippen LogP) is 1.16. The van der Waals surface area contributed by atoms with E-state index in [1.54, 1.807) is 7.05 Å². The number of alkyl halides is 2. The molecule has 1 fully saturated rings. The van der Waals surface area contributed by atoms with Crippen LogP contribution in [-0.2, 0) is 4.74 Å². The molecule has 0 aromatic heterocycles. The summed E-state index contributed by atoms with van der Waals surface area (Å²) in [4.78, 5) is 0. The van der Waals surface area contributed by atoms with Gasteiger partial charge in [0.15, 0.2) is 0 Å². The van der Waals surface area contributed by atoms with Crippen LogP contribution in [-0.4, -0.2) is 43.4 Å². The highest BCUT2D eigenvalue weighted by Crippen LogP contribution is 2.29. The van der Waals surface area contributed by atoms with Crippen LogP contribution in [0.3, 0.4) is 0 Å². The first-order valence-electron chi connectivity index (χ1n) is 5.31. The van der Waals surface area contributed by atoms with Gasteiger partial charge in [0.05, 0.1) is 12.7 Å². The summed E-state index contributed by atoms with van der Waals surface area (Å²) in [7, 11) is 1.78. The molecule has 2 N–H and O–H groups in total. The third-order valence-corrected chi connectivity index (χ3v) is 3.09. The Kier molecular flexibility index (Phi) is 4.89. The van der Waals surface area contributed by atoms with Gasteiger partial charge in [0.25, 0.3) is 6.43 Å². The zero-order chi connectivity index (χ0) is 11.3. The largest absolute Gasteiger partial charge is 0.394 e. The fraction of sp³-hybridized carbons (Fsp3) is 1.00. The molecule has 0 aromatic carbocycles. The van der Waals surface area contributed by atoms with Crippen molar-refractivity contribution in [3.63, 3.8) is 0 Å². The molecule has 0 aromatic rings. The zero-order valence-electron chi connectivity index (χ0n) is 9.01. The van der Waals surface area contributed by atoms with Gasteiger partial charge >= 0.3 is 0 Å². The molecule has 0 heterocycles. The normalized spacial score (nSPS) is 32.2. The van der Waals surface area contributed by atoms with Crippen molar-refractivity contribution in [2.45, 2.75) is 43.8 Å². The van der Waals surface area contributed by atoms with Crippen molar-refractivity contribution in [1.29, 1.82) is 0 Å². The number of ether oxygens (including phenoxy) is 1. The molecular weight excluding hydrogens is 204 g/mol. The smallest absolute Gasteiger partial charge is 0.261 e. The van der Waals surface area contributed by atoms with Gasteiger partial charge < -0.3 is 15.2 Å². The van der Waals surface area contributed by atoms with Crippen molar-refractivity contribution in [3.05, 3.63) is 0 Å². The Morgan fingerprint density at radius 1 is 1.60 bits per heavy atom. The predicted molar refractivity (Wildman–Crippen MR) is 53.1 cm³/mol. The quantitative estimate of drug-likeness (QED) is 0.735. The summed E-state index contributed by atoms with van der Waals surface area (Å²) < 4.78 is 29.0. The Labute approximate surface area is 88.8 Å². The van der Waals surface area contributed by atoms with E-state index >= 15 is 0 Å². The number of rotatable bonds is 5. The molecule has 2 unspecified atom stereocenters. The van der Waals surface area contributed by atoms with Gasteiger partial charge in [-0.1, -0.05) is 0 Å². The molecule has 2 atom stereocenters. The first-order chi connectivity index (χ1) is 7.12. The summed E-state index contributed by atoms with van der Waals surface area (Å²) in [6, 6.07) is 0. The highest BCUT2D eigenvalue weighted by Gasteiger charge is 2.35. The second kappa shape index (κ2) is 5.72. The molecule has 1 rings (SSSR count). The number of likely N-dealkylation sites (N-methyl/N-ethyl adjacent to an activating group) is 1. The van der Waals surface area contributed by atoms with E-state index in [4.69, 9.17) is 4.74 Å². The van der Waals surface area contributed by atoms with Crippen LogP contribution >= 0.6 is 0 Å². The van der Waals surface area contributed by atoms with Crippen molar-refractivity contribution in [2.24, 2.45) is 0 Å². The first kappa shape index (κ1) is 12.8. The SMILES string of the molecule is CNC1(CO)CCCC(OCC(F)F)C1. The van der Waals surface area contributed by atoms with Crippen LogP contribution in [0.25, 0.3) is 0 Å². The minimum absolute atomic E-state index is 0.0258. The Balaban J connectivity index is 2.41. The number of aliphatic hydroxyl groups is 1. The number of hydrogen-bond donors (Lipinski definition) is 2. The lowest BCUT2D eigenvalue weighted by Gasteiger charge is -2.39. The lowest BCUT2D eigenvalue weighted by molar-refractivity contribution is -0.0571. The Bertz CT molecular complexity index is 186. The molecule has 1 aliphatic carbocycles. The third kappa shape index (κ3) is 3.66. The van der Waals surface area contributed by atoms with Gasteiger partial charge in [-0.2, -0.15) is 0 Å². The van der Waals surface area contributed by atoms with E-state index in [2.05, 4.69) is 5.32 Å². The minimum Gasteiger partial charge on any atom is -0.394 e. The van der Waals surface area contributed by atoms with Crippen LogP contribution in [0.2, 0.25) is 0 Å². The average Bonchev–Trinajstić information content (AvgIpc) is 2.26. The van der Waals surface area contributed by atoms with Crippen molar-refractivity contribution >= 4 is 0 Å². The molecule has 1 aliphatic rings. The first-order valence-corrected chi connectivity index (χ1v) is 5.31. The second-order valence-electron chi connectivity index (χ2n) is 4.13. The van der Waals surface area contributed by atoms with Gasteiger partial charge in [0.2, 0.25) is 0 Å². The molecule has 0 aliphatic heterocycles. The van der Waals surface area contributed by atoms with E-state index in [0.29, 0.717) is 6.42 Å². The van der Waals surface area contributed by atoms with Crippen molar-refractivity contribution in [1.82, 2.24) is 5.32 Å². The average molecular weight is 223 g/mol. The molecule has 5 heteroatoms. The lowest BCUT2D eigenvalue weighted by atomic mass is 9.81. The molecule has 0 amide bonds. The molecular formula is C10H19F2NO2. The van der Waals surface area contributed by atoms with Gasteiger partial charge in [-0.25, -0.2) is 8.78 Å². The summed E-state index contributed by atoms with van der Waals surface area (Å²) >= 11 is 0. The van der Waals surface area contributed by atoms with Gasteiger partial charge in [-0.15, -0.1) is 0 Å². The molecule has 0 spiro atoms. The maximum Gasteiger partial charge on any atom is 0.261 e. The standard InChI is InChI=1S/C10H19F2NO2/c1-13-10(7-14)4-2-3-8(5-10)15-6-9(11)12/h8-9,13-14H,2-7H2,1H3. The van der Waals surface area contributed by atoms with E-state index in [0.717, 1.165) is 19.3 Å². The van der Waals surface area contributed by atoms with E-state index in [-0.39, 0.29) is 18.2 Å². The highest BCUT2D eigenvalue weighted by molar-refractivity contribution is 4.92. The molecule has 1 saturated carbocycles. The van der Waals surface area contributed by atoms with Gasteiger partial charge in [0.1, 0.15) is 6.61 Å². The maximum atomic E-state index is 12.0. The lowest BCUT2D eigenvalue weighted by Crippen LogP contribution is -2.51. The molecule has 3 nitrogen and oxygen atoms in total. The number of halogens is 2. The van der Waals surface area contributed by atoms with Crippen LogP contribution in [0.4, 0.5) is 8.78 Å². The van der Waals surface area contributed by atoms with Gasteiger partial charge in [-0.05, 0) is 32.7 Å². The Morgan fingerprint density at radius 2 is 2.33 bits per heavy atom. The minimum atomic E-state index is -2.41. The van der Waals surface area contributed by atoms with Crippen LogP contribution in [0, 0.1) is 0 Å². The molecule has 15 heavy (non-hydrogen) atoms.